The van der Waals surface area contributed by atoms with Crippen molar-refractivity contribution in [3.05, 3.63) is 106 Å². The van der Waals surface area contributed by atoms with E-state index >= 15 is 0 Å². The second-order valence-corrected chi connectivity index (χ2v) is 10.00. The number of piperidine rings is 1. The Bertz CT molecular complexity index is 1030. The minimum Gasteiger partial charge on any atom is -0.342 e. The number of rotatable bonds is 8. The number of amides is 1. The minimum atomic E-state index is 0.107. The van der Waals surface area contributed by atoms with Gasteiger partial charge in [-0.25, -0.2) is 0 Å². The molecule has 1 fully saturated rings. The van der Waals surface area contributed by atoms with Crippen LogP contribution in [0.15, 0.2) is 78.9 Å². The standard InChI is InChI=1S/C29H32Cl2N2O/c1-32(29(34)20-24-12-13-25(30)21-28(24)31)26-14-17-33(18-15-26)19-16-27(22-8-4-2-5-9-22)23-10-6-3-7-11-23/h2-13,21,26-27H,14-20H2,1H3. The van der Waals surface area contributed by atoms with Crippen LogP contribution in [0.25, 0.3) is 0 Å². The molecule has 0 atom stereocenters. The number of likely N-dealkylation sites (tertiary alicyclic amines) is 1. The van der Waals surface area contributed by atoms with Crippen LogP contribution in [-0.2, 0) is 11.2 Å². The third kappa shape index (κ3) is 6.41. The minimum absolute atomic E-state index is 0.107. The van der Waals surface area contributed by atoms with Crippen molar-refractivity contribution in [1.29, 1.82) is 0 Å². The zero-order valence-electron chi connectivity index (χ0n) is 19.7. The first-order valence-electron chi connectivity index (χ1n) is 12.0. The first kappa shape index (κ1) is 24.8. The van der Waals surface area contributed by atoms with Gasteiger partial charge < -0.3 is 9.80 Å². The summed E-state index contributed by atoms with van der Waals surface area (Å²) in [6.07, 6.45) is 3.39. The molecule has 1 aliphatic rings. The smallest absolute Gasteiger partial charge is 0.227 e. The molecule has 178 valence electrons. The highest BCUT2D eigenvalue weighted by Crippen LogP contribution is 2.29. The van der Waals surface area contributed by atoms with Gasteiger partial charge in [0, 0.05) is 42.1 Å². The van der Waals surface area contributed by atoms with E-state index in [1.807, 2.05) is 18.0 Å². The lowest BCUT2D eigenvalue weighted by molar-refractivity contribution is -0.132. The fraction of sp³-hybridized carbons (Fsp3) is 0.345. The molecule has 5 heteroatoms. The number of likely N-dealkylation sites (N-methyl/N-ethyl adjacent to an activating group) is 1. The van der Waals surface area contributed by atoms with Gasteiger partial charge in [0.05, 0.1) is 6.42 Å². The topological polar surface area (TPSA) is 23.6 Å². The van der Waals surface area contributed by atoms with Crippen molar-refractivity contribution in [1.82, 2.24) is 9.80 Å². The molecule has 34 heavy (non-hydrogen) atoms. The molecule has 0 N–H and O–H groups in total. The summed E-state index contributed by atoms with van der Waals surface area (Å²) in [4.78, 5) is 17.3. The summed E-state index contributed by atoms with van der Waals surface area (Å²) in [6, 6.07) is 27.2. The molecule has 4 rings (SSSR count). The average Bonchev–Trinajstić information content (AvgIpc) is 2.87. The molecule has 0 radical (unpaired) electrons. The molecule has 0 aliphatic carbocycles. The molecule has 1 heterocycles. The van der Waals surface area contributed by atoms with Gasteiger partial charge in [-0.3, -0.25) is 4.79 Å². The molecule has 3 aromatic carbocycles. The maximum absolute atomic E-state index is 12.9. The Morgan fingerprint density at radius 2 is 1.53 bits per heavy atom. The van der Waals surface area contributed by atoms with Gasteiger partial charge in [-0.05, 0) is 54.6 Å². The lowest BCUT2D eigenvalue weighted by Gasteiger charge is -2.37. The number of carbonyl (C=O) groups excluding carboxylic acids is 1. The summed E-state index contributed by atoms with van der Waals surface area (Å²) in [5, 5.41) is 1.14. The van der Waals surface area contributed by atoms with E-state index in [1.165, 1.54) is 11.1 Å². The molecule has 3 nitrogen and oxygen atoms in total. The second kappa shape index (κ2) is 11.9. The Morgan fingerprint density at radius 1 is 0.941 bits per heavy atom. The highest BCUT2D eigenvalue weighted by Gasteiger charge is 2.26. The van der Waals surface area contributed by atoms with Crippen LogP contribution in [0.4, 0.5) is 0 Å². The number of hydrogen-bond donors (Lipinski definition) is 0. The zero-order chi connectivity index (χ0) is 23.9. The van der Waals surface area contributed by atoms with Crippen LogP contribution in [0.2, 0.25) is 10.0 Å². The Hall–Kier alpha value is -2.33. The van der Waals surface area contributed by atoms with Gasteiger partial charge in [-0.2, -0.15) is 0 Å². The van der Waals surface area contributed by atoms with Crippen molar-refractivity contribution in [3.8, 4) is 0 Å². The van der Waals surface area contributed by atoms with Crippen molar-refractivity contribution < 1.29 is 4.79 Å². The normalized spacial score (nSPS) is 14.9. The monoisotopic (exact) mass is 494 g/mol. The Labute approximate surface area is 213 Å². The molecule has 0 spiro atoms. The molecule has 1 amide bonds. The maximum atomic E-state index is 12.9. The van der Waals surface area contributed by atoms with Crippen molar-refractivity contribution in [2.75, 3.05) is 26.7 Å². The van der Waals surface area contributed by atoms with Crippen LogP contribution in [0.1, 0.15) is 41.9 Å². The quantitative estimate of drug-likeness (QED) is 0.348. The molecule has 1 saturated heterocycles. The number of carbonyl (C=O) groups is 1. The fourth-order valence-corrected chi connectivity index (χ4v) is 5.37. The van der Waals surface area contributed by atoms with Gasteiger partial charge in [0.25, 0.3) is 0 Å². The van der Waals surface area contributed by atoms with Gasteiger partial charge in [-0.15, -0.1) is 0 Å². The summed E-state index contributed by atoms with van der Waals surface area (Å²) in [5.74, 6) is 0.504. The van der Waals surface area contributed by atoms with Gasteiger partial charge in [0.2, 0.25) is 5.91 Å². The van der Waals surface area contributed by atoms with Crippen LogP contribution in [0.5, 0.6) is 0 Å². The molecular weight excluding hydrogens is 463 g/mol. The van der Waals surface area contributed by atoms with Crippen molar-refractivity contribution >= 4 is 29.1 Å². The maximum Gasteiger partial charge on any atom is 0.227 e. The molecule has 0 aromatic heterocycles. The van der Waals surface area contributed by atoms with Crippen LogP contribution in [0.3, 0.4) is 0 Å². The van der Waals surface area contributed by atoms with Crippen molar-refractivity contribution in [2.45, 2.75) is 37.6 Å². The molecule has 1 aliphatic heterocycles. The highest BCUT2D eigenvalue weighted by molar-refractivity contribution is 6.35. The summed E-state index contributed by atoms with van der Waals surface area (Å²) in [5.41, 5.74) is 3.57. The van der Waals surface area contributed by atoms with Gasteiger partial charge >= 0.3 is 0 Å². The molecule has 0 bridgehead atoms. The van der Waals surface area contributed by atoms with Crippen molar-refractivity contribution in [2.24, 2.45) is 0 Å². The SMILES string of the molecule is CN(C(=O)Cc1ccc(Cl)cc1Cl)C1CCN(CCC(c2ccccc2)c2ccccc2)CC1. The lowest BCUT2D eigenvalue weighted by Crippen LogP contribution is -2.46. The first-order valence-corrected chi connectivity index (χ1v) is 12.8. The third-order valence-electron chi connectivity index (χ3n) is 6.99. The van der Waals surface area contributed by atoms with Crippen molar-refractivity contribution in [3.63, 3.8) is 0 Å². The van der Waals surface area contributed by atoms with E-state index in [1.54, 1.807) is 12.1 Å². The zero-order valence-corrected chi connectivity index (χ0v) is 21.2. The number of nitrogens with zero attached hydrogens (tertiary/aromatic N) is 2. The van der Waals surface area contributed by atoms with E-state index in [0.717, 1.165) is 44.5 Å². The van der Waals surface area contributed by atoms with Crippen LogP contribution < -0.4 is 0 Å². The summed E-state index contributed by atoms with van der Waals surface area (Å²) in [6.45, 7) is 3.08. The molecular formula is C29H32Cl2N2O. The molecule has 3 aromatic rings. The largest absolute Gasteiger partial charge is 0.342 e. The lowest BCUT2D eigenvalue weighted by atomic mass is 9.88. The summed E-state index contributed by atoms with van der Waals surface area (Å²) >= 11 is 12.3. The summed E-state index contributed by atoms with van der Waals surface area (Å²) < 4.78 is 0. The third-order valence-corrected chi connectivity index (χ3v) is 7.58. The Morgan fingerprint density at radius 3 is 2.09 bits per heavy atom. The van der Waals surface area contributed by atoms with Gasteiger partial charge in [-0.1, -0.05) is 89.9 Å². The predicted octanol–water partition coefficient (Wildman–Crippen LogP) is 6.68. The van der Waals surface area contributed by atoms with Crippen LogP contribution in [0, 0.1) is 0 Å². The van der Waals surface area contributed by atoms with E-state index in [9.17, 15) is 4.79 Å². The van der Waals surface area contributed by atoms with E-state index in [2.05, 4.69) is 65.6 Å². The summed E-state index contributed by atoms with van der Waals surface area (Å²) in [7, 11) is 1.92. The van der Waals surface area contributed by atoms with E-state index < -0.39 is 0 Å². The fourth-order valence-electron chi connectivity index (χ4n) is 4.89. The van der Waals surface area contributed by atoms with E-state index in [4.69, 9.17) is 23.2 Å². The first-order chi connectivity index (χ1) is 16.5. The van der Waals surface area contributed by atoms with E-state index in [-0.39, 0.29) is 11.9 Å². The molecule has 0 unspecified atom stereocenters. The van der Waals surface area contributed by atoms with Gasteiger partial charge in [0.1, 0.15) is 0 Å². The van der Waals surface area contributed by atoms with E-state index in [0.29, 0.717) is 22.4 Å². The van der Waals surface area contributed by atoms with Crippen LogP contribution >= 0.6 is 23.2 Å². The second-order valence-electron chi connectivity index (χ2n) is 9.15. The van der Waals surface area contributed by atoms with Crippen LogP contribution in [-0.4, -0.2) is 48.4 Å². The average molecular weight is 495 g/mol. The molecule has 0 saturated carbocycles. The highest BCUT2D eigenvalue weighted by atomic mass is 35.5. The Balaban J connectivity index is 1.30. The predicted molar refractivity (Wildman–Crippen MR) is 142 cm³/mol. The van der Waals surface area contributed by atoms with Gasteiger partial charge in [0.15, 0.2) is 0 Å². The number of benzene rings is 3. The Kier molecular flexibility index (Phi) is 8.66. The number of hydrogen-bond acceptors (Lipinski definition) is 2. The number of halogens is 2.